The van der Waals surface area contributed by atoms with Crippen molar-refractivity contribution in [3.8, 4) is 0 Å². The van der Waals surface area contributed by atoms with E-state index in [2.05, 4.69) is 4.57 Å². The third-order valence-corrected chi connectivity index (χ3v) is 5.46. The fourth-order valence-corrected chi connectivity index (χ4v) is 4.04. The van der Waals surface area contributed by atoms with E-state index in [1.165, 1.54) is 0 Å². The van der Waals surface area contributed by atoms with Crippen molar-refractivity contribution in [1.82, 2.24) is 4.57 Å². The Balaban J connectivity index is 1.63. The number of Topliss-reactive ketones (excluding diaryl/α,β-unsaturated/α-hetero) is 1. The van der Waals surface area contributed by atoms with Crippen LogP contribution in [-0.2, 0) is 14.3 Å². The van der Waals surface area contributed by atoms with Gasteiger partial charge in [0.25, 0.3) is 0 Å². The van der Waals surface area contributed by atoms with Crippen LogP contribution in [0.15, 0.2) is 30.3 Å². The molecule has 0 radical (unpaired) electrons. The second-order valence-corrected chi connectivity index (χ2v) is 7.65. The largest absolute Gasteiger partial charge is 0.454 e. The number of nitrogens with zero attached hydrogens (tertiary/aromatic N) is 2. The molecule has 0 spiro atoms. The smallest absolute Gasteiger partial charge is 0.338 e. The van der Waals surface area contributed by atoms with Gasteiger partial charge in [-0.1, -0.05) is 0 Å². The molecule has 0 aliphatic carbocycles. The summed E-state index contributed by atoms with van der Waals surface area (Å²) in [5.74, 6) is -0.718. The van der Waals surface area contributed by atoms with Gasteiger partial charge in [-0.2, -0.15) is 0 Å². The SMILES string of the molecule is COC[C@@H](C)n1c(C)cc(C(=O)COC(=O)c2ccc(N3CCCC3=O)cc2)c1C. The molecule has 1 amide bonds. The van der Waals surface area contributed by atoms with E-state index in [1.807, 2.05) is 26.8 Å². The molecule has 2 aromatic rings. The summed E-state index contributed by atoms with van der Waals surface area (Å²) in [7, 11) is 1.64. The van der Waals surface area contributed by atoms with Gasteiger partial charge in [0.15, 0.2) is 6.61 Å². The lowest BCUT2D eigenvalue weighted by molar-refractivity contribution is -0.117. The zero-order valence-corrected chi connectivity index (χ0v) is 17.9. The van der Waals surface area contributed by atoms with E-state index >= 15 is 0 Å². The monoisotopic (exact) mass is 412 g/mol. The van der Waals surface area contributed by atoms with Crippen LogP contribution >= 0.6 is 0 Å². The molecule has 7 heteroatoms. The normalized spacial score (nSPS) is 14.8. The van der Waals surface area contributed by atoms with Crippen molar-refractivity contribution in [3.05, 3.63) is 52.8 Å². The first-order valence-electron chi connectivity index (χ1n) is 10.1. The molecular formula is C23H28N2O5. The number of anilines is 1. The number of carbonyl (C=O) groups excluding carboxylic acids is 3. The van der Waals surface area contributed by atoms with Crippen LogP contribution in [0.3, 0.4) is 0 Å². The molecule has 1 aliphatic heterocycles. The van der Waals surface area contributed by atoms with Gasteiger partial charge in [0.1, 0.15) is 0 Å². The first kappa shape index (κ1) is 21.8. The number of aryl methyl sites for hydroxylation is 1. The molecule has 0 saturated carbocycles. The standard InChI is InChI=1S/C23H28N2O5/c1-15-12-20(17(3)25(15)16(2)13-29-4)21(26)14-30-23(28)18-7-9-19(10-8-18)24-11-5-6-22(24)27/h7-10,12,16H,5-6,11,13-14H2,1-4H3/t16-/m1/s1. The summed E-state index contributed by atoms with van der Waals surface area (Å²) in [5, 5.41) is 0. The number of hydrogen-bond donors (Lipinski definition) is 0. The molecule has 0 bridgehead atoms. The van der Waals surface area contributed by atoms with E-state index in [4.69, 9.17) is 9.47 Å². The highest BCUT2D eigenvalue weighted by Crippen LogP contribution is 2.23. The maximum Gasteiger partial charge on any atom is 0.338 e. The molecule has 2 heterocycles. The van der Waals surface area contributed by atoms with Crippen LogP contribution in [0.1, 0.15) is 57.9 Å². The topological polar surface area (TPSA) is 77.8 Å². The molecule has 0 N–H and O–H groups in total. The molecular weight excluding hydrogens is 384 g/mol. The van der Waals surface area contributed by atoms with Gasteiger partial charge in [0.2, 0.25) is 11.7 Å². The highest BCUT2D eigenvalue weighted by molar-refractivity contribution is 6.00. The Kier molecular flexibility index (Phi) is 6.72. The Hall–Kier alpha value is -2.93. The summed E-state index contributed by atoms with van der Waals surface area (Å²) in [6, 6.07) is 8.61. The summed E-state index contributed by atoms with van der Waals surface area (Å²) in [4.78, 5) is 38.5. The van der Waals surface area contributed by atoms with E-state index in [0.29, 0.717) is 30.7 Å². The average Bonchev–Trinajstić information content (AvgIpc) is 3.28. The van der Waals surface area contributed by atoms with Crippen LogP contribution in [0.2, 0.25) is 0 Å². The molecule has 1 fully saturated rings. The zero-order chi connectivity index (χ0) is 21.8. The molecule has 1 atom stereocenters. The number of rotatable bonds is 8. The Morgan fingerprint density at radius 2 is 1.87 bits per heavy atom. The molecule has 3 rings (SSSR count). The number of methoxy groups -OCH3 is 1. The summed E-state index contributed by atoms with van der Waals surface area (Å²) in [6.07, 6.45) is 1.40. The van der Waals surface area contributed by atoms with Crippen LogP contribution < -0.4 is 4.90 Å². The lowest BCUT2D eigenvalue weighted by atomic mass is 10.1. The Morgan fingerprint density at radius 1 is 1.17 bits per heavy atom. The van der Waals surface area contributed by atoms with E-state index in [-0.39, 0.29) is 24.3 Å². The maximum absolute atomic E-state index is 12.6. The highest BCUT2D eigenvalue weighted by Gasteiger charge is 2.23. The second kappa shape index (κ2) is 9.26. The molecule has 160 valence electrons. The number of aromatic nitrogens is 1. The summed E-state index contributed by atoms with van der Waals surface area (Å²) < 4.78 is 12.5. The van der Waals surface area contributed by atoms with Crippen LogP contribution in [0.5, 0.6) is 0 Å². The minimum Gasteiger partial charge on any atom is -0.454 e. The Labute approximate surface area is 176 Å². The lowest BCUT2D eigenvalue weighted by Crippen LogP contribution is -2.23. The third kappa shape index (κ3) is 4.46. The summed E-state index contributed by atoms with van der Waals surface area (Å²) >= 11 is 0. The number of carbonyl (C=O) groups is 3. The second-order valence-electron chi connectivity index (χ2n) is 7.65. The first-order chi connectivity index (χ1) is 14.3. The minimum atomic E-state index is -0.566. The van der Waals surface area contributed by atoms with E-state index in [1.54, 1.807) is 36.3 Å². The molecule has 30 heavy (non-hydrogen) atoms. The van der Waals surface area contributed by atoms with Gasteiger partial charge in [-0.15, -0.1) is 0 Å². The molecule has 7 nitrogen and oxygen atoms in total. The van der Waals surface area contributed by atoms with Crippen LogP contribution in [-0.4, -0.2) is 49.1 Å². The van der Waals surface area contributed by atoms with Crippen molar-refractivity contribution in [2.75, 3.05) is 31.8 Å². The fourth-order valence-electron chi connectivity index (χ4n) is 4.04. The molecule has 1 aromatic carbocycles. The van der Waals surface area contributed by atoms with Crippen molar-refractivity contribution >= 4 is 23.3 Å². The Bertz CT molecular complexity index is 945. The number of esters is 1. The lowest BCUT2D eigenvalue weighted by Gasteiger charge is -2.17. The maximum atomic E-state index is 12.6. The molecule has 0 unspecified atom stereocenters. The van der Waals surface area contributed by atoms with Crippen molar-refractivity contribution in [3.63, 3.8) is 0 Å². The van der Waals surface area contributed by atoms with Crippen molar-refractivity contribution < 1.29 is 23.9 Å². The third-order valence-electron chi connectivity index (χ3n) is 5.46. The summed E-state index contributed by atoms with van der Waals surface area (Å²) in [5.41, 5.74) is 3.45. The fraction of sp³-hybridized carbons (Fsp3) is 0.435. The number of benzene rings is 1. The number of ketones is 1. The zero-order valence-electron chi connectivity index (χ0n) is 17.9. The number of hydrogen-bond acceptors (Lipinski definition) is 5. The summed E-state index contributed by atoms with van der Waals surface area (Å²) in [6.45, 7) is 6.75. The van der Waals surface area contributed by atoms with Gasteiger partial charge in [-0.3, -0.25) is 9.59 Å². The number of amides is 1. The van der Waals surface area contributed by atoms with Gasteiger partial charge >= 0.3 is 5.97 Å². The molecule has 1 saturated heterocycles. The Morgan fingerprint density at radius 3 is 2.47 bits per heavy atom. The predicted molar refractivity (Wildman–Crippen MR) is 113 cm³/mol. The quantitative estimate of drug-likeness (QED) is 0.490. The minimum absolute atomic E-state index is 0.0911. The average molecular weight is 412 g/mol. The van der Waals surface area contributed by atoms with Crippen LogP contribution in [0.4, 0.5) is 5.69 Å². The first-order valence-corrected chi connectivity index (χ1v) is 10.1. The number of ether oxygens (including phenoxy) is 2. The van der Waals surface area contributed by atoms with Gasteiger partial charge in [-0.25, -0.2) is 4.79 Å². The van der Waals surface area contributed by atoms with E-state index < -0.39 is 5.97 Å². The van der Waals surface area contributed by atoms with Gasteiger partial charge in [0, 0.05) is 42.7 Å². The molecule has 1 aromatic heterocycles. The van der Waals surface area contributed by atoms with E-state index in [0.717, 1.165) is 23.5 Å². The van der Waals surface area contributed by atoms with Gasteiger partial charge < -0.3 is 18.9 Å². The van der Waals surface area contributed by atoms with E-state index in [9.17, 15) is 14.4 Å². The predicted octanol–water partition coefficient (Wildman–Crippen LogP) is 3.48. The van der Waals surface area contributed by atoms with Crippen molar-refractivity contribution in [2.24, 2.45) is 0 Å². The highest BCUT2D eigenvalue weighted by atomic mass is 16.5. The molecule has 1 aliphatic rings. The van der Waals surface area contributed by atoms with Crippen LogP contribution in [0, 0.1) is 13.8 Å². The van der Waals surface area contributed by atoms with Crippen LogP contribution in [0.25, 0.3) is 0 Å². The van der Waals surface area contributed by atoms with Crippen molar-refractivity contribution in [2.45, 2.75) is 39.7 Å². The van der Waals surface area contributed by atoms with Gasteiger partial charge in [0.05, 0.1) is 18.2 Å². The van der Waals surface area contributed by atoms with Crippen molar-refractivity contribution in [1.29, 1.82) is 0 Å². The van der Waals surface area contributed by atoms with Gasteiger partial charge in [-0.05, 0) is 57.5 Å².